The molecule has 3 rings (SSSR count). The summed E-state index contributed by atoms with van der Waals surface area (Å²) in [6, 6.07) is 12.3. The Hall–Kier alpha value is -3.57. The number of nitrogens with one attached hydrogen (secondary N) is 2. The predicted octanol–water partition coefficient (Wildman–Crippen LogP) is 1.56. The van der Waals surface area contributed by atoms with Crippen LogP contribution in [-0.4, -0.2) is 63.7 Å². The van der Waals surface area contributed by atoms with Crippen LogP contribution in [0.2, 0.25) is 0 Å². The molecule has 2 aromatic carbocycles. The highest BCUT2D eigenvalue weighted by atomic mass is 32.2. The number of carbonyl (C=O) groups excluding carboxylic acids is 2. The average Bonchev–Trinajstić information content (AvgIpc) is 3.10. The van der Waals surface area contributed by atoms with E-state index in [2.05, 4.69) is 10.0 Å². The quantitative estimate of drug-likeness (QED) is 0.441. The van der Waals surface area contributed by atoms with Crippen LogP contribution in [0.25, 0.3) is 0 Å². The smallest absolute Gasteiger partial charge is 0.337 e. The number of nitrogens with zero attached hydrogens (tertiary/aromatic N) is 1. The fourth-order valence-electron chi connectivity index (χ4n) is 3.21. The second kappa shape index (κ2) is 10.4. The number of hydrogen-bond acceptors (Lipinski definition) is 8. The zero-order chi connectivity index (χ0) is 24.0. The van der Waals surface area contributed by atoms with Crippen molar-refractivity contribution in [3.05, 3.63) is 59.8 Å². The molecule has 2 aromatic rings. The summed E-state index contributed by atoms with van der Waals surface area (Å²) < 4.78 is 38.0. The van der Waals surface area contributed by atoms with Gasteiger partial charge in [-0.3, -0.25) is 9.52 Å². The summed E-state index contributed by atoms with van der Waals surface area (Å²) >= 11 is 0. The van der Waals surface area contributed by atoms with E-state index < -0.39 is 21.9 Å². The fraction of sp³-hybridized carbons (Fsp3) is 0.273. The van der Waals surface area contributed by atoms with Crippen molar-refractivity contribution in [1.29, 1.82) is 0 Å². The Morgan fingerprint density at radius 2 is 1.73 bits per heavy atom. The molecule has 0 spiro atoms. The van der Waals surface area contributed by atoms with E-state index in [1.807, 2.05) is 6.92 Å². The van der Waals surface area contributed by atoms with E-state index in [0.29, 0.717) is 23.7 Å². The van der Waals surface area contributed by atoms with E-state index >= 15 is 0 Å². The van der Waals surface area contributed by atoms with Crippen molar-refractivity contribution >= 4 is 33.3 Å². The zero-order valence-electron chi connectivity index (χ0n) is 18.2. The van der Waals surface area contributed by atoms with Crippen LogP contribution in [0.1, 0.15) is 6.92 Å². The van der Waals surface area contributed by atoms with Crippen LogP contribution >= 0.6 is 0 Å². The first-order valence-corrected chi connectivity index (χ1v) is 11.6. The Bertz CT molecular complexity index is 1140. The van der Waals surface area contributed by atoms with Gasteiger partial charge in [-0.25, -0.2) is 13.2 Å². The van der Waals surface area contributed by atoms with Gasteiger partial charge in [0, 0.05) is 17.9 Å². The normalized spacial score (nSPS) is 13.8. The van der Waals surface area contributed by atoms with Crippen molar-refractivity contribution in [3.8, 4) is 5.75 Å². The number of benzene rings is 2. The van der Waals surface area contributed by atoms with Crippen LogP contribution in [0.4, 0.5) is 11.4 Å². The number of rotatable bonds is 10. The van der Waals surface area contributed by atoms with Gasteiger partial charge in [-0.1, -0.05) is 0 Å². The lowest BCUT2D eigenvalue weighted by molar-refractivity contribution is -0.136. The van der Waals surface area contributed by atoms with Gasteiger partial charge in [-0.15, -0.1) is 0 Å². The summed E-state index contributed by atoms with van der Waals surface area (Å²) in [6.45, 7) is 2.19. The fourth-order valence-corrected chi connectivity index (χ4v) is 4.27. The van der Waals surface area contributed by atoms with Crippen molar-refractivity contribution < 1.29 is 32.6 Å². The maximum Gasteiger partial charge on any atom is 0.337 e. The Morgan fingerprint density at radius 3 is 2.30 bits per heavy atom. The molecule has 0 radical (unpaired) electrons. The summed E-state index contributed by atoms with van der Waals surface area (Å²) in [4.78, 5) is 26.0. The van der Waals surface area contributed by atoms with Crippen LogP contribution < -0.4 is 14.8 Å². The molecule has 1 heterocycles. The minimum Gasteiger partial charge on any atom is -0.494 e. The van der Waals surface area contributed by atoms with Gasteiger partial charge >= 0.3 is 5.97 Å². The van der Waals surface area contributed by atoms with Gasteiger partial charge in [0.15, 0.2) is 0 Å². The second-order valence-electron chi connectivity index (χ2n) is 7.01. The first-order valence-electron chi connectivity index (χ1n) is 10.1. The first-order chi connectivity index (χ1) is 15.8. The van der Waals surface area contributed by atoms with Gasteiger partial charge in [-0.2, -0.15) is 0 Å². The Balaban J connectivity index is 1.76. The first kappa shape index (κ1) is 24.1. The van der Waals surface area contributed by atoms with E-state index in [1.165, 1.54) is 36.3 Å². The number of hydrogen-bond donors (Lipinski definition) is 3. The lowest BCUT2D eigenvalue weighted by Crippen LogP contribution is -2.31. The average molecular weight is 476 g/mol. The lowest BCUT2D eigenvalue weighted by Gasteiger charge is -2.15. The van der Waals surface area contributed by atoms with E-state index in [9.17, 15) is 18.0 Å². The maximum absolute atomic E-state index is 12.7. The van der Waals surface area contributed by atoms with Gasteiger partial charge in [0.25, 0.3) is 15.9 Å². The van der Waals surface area contributed by atoms with E-state index in [-0.39, 0.29) is 35.9 Å². The third-order valence-electron chi connectivity index (χ3n) is 4.81. The molecule has 0 fully saturated rings. The number of anilines is 2. The van der Waals surface area contributed by atoms with Crippen LogP contribution in [0, 0.1) is 0 Å². The molecule has 1 aliphatic rings. The van der Waals surface area contributed by atoms with E-state index in [0.717, 1.165) is 0 Å². The molecule has 11 heteroatoms. The Morgan fingerprint density at radius 1 is 1.09 bits per heavy atom. The molecular formula is C22H25N3O7S. The van der Waals surface area contributed by atoms with Gasteiger partial charge in [0.2, 0.25) is 0 Å². The van der Waals surface area contributed by atoms with Crippen molar-refractivity contribution in [1.82, 2.24) is 4.90 Å². The monoisotopic (exact) mass is 475 g/mol. The molecular weight excluding hydrogens is 450 g/mol. The second-order valence-corrected chi connectivity index (χ2v) is 8.69. The summed E-state index contributed by atoms with van der Waals surface area (Å²) in [5.41, 5.74) is 0.947. The number of β-amino-alcohol motifs (C(OH)–C–C–N with tert-alkyl or cyclic N) is 1. The molecule has 0 aliphatic carbocycles. The van der Waals surface area contributed by atoms with Gasteiger partial charge in [0.05, 0.1) is 37.3 Å². The number of aliphatic hydroxyl groups excluding tert-OH is 1. The molecule has 1 aliphatic heterocycles. The molecule has 3 N–H and O–H groups in total. The van der Waals surface area contributed by atoms with Gasteiger partial charge in [-0.05, 0) is 55.5 Å². The molecule has 176 valence electrons. The summed E-state index contributed by atoms with van der Waals surface area (Å²) in [7, 11) is -2.63. The molecule has 0 saturated carbocycles. The minimum absolute atomic E-state index is 0.00681. The van der Waals surface area contributed by atoms with Crippen LogP contribution in [-0.2, 0) is 24.3 Å². The largest absolute Gasteiger partial charge is 0.494 e. The third kappa shape index (κ3) is 5.62. The van der Waals surface area contributed by atoms with Crippen LogP contribution in [0.3, 0.4) is 0 Å². The van der Waals surface area contributed by atoms with E-state index in [4.69, 9.17) is 14.6 Å². The molecule has 1 amide bonds. The third-order valence-corrected chi connectivity index (χ3v) is 6.20. The highest BCUT2D eigenvalue weighted by molar-refractivity contribution is 7.92. The predicted molar refractivity (Wildman–Crippen MR) is 121 cm³/mol. The molecule has 0 saturated heterocycles. The minimum atomic E-state index is -3.85. The lowest BCUT2D eigenvalue weighted by atomic mass is 10.2. The van der Waals surface area contributed by atoms with Crippen molar-refractivity contribution in [2.45, 2.75) is 11.8 Å². The number of aliphatic hydroxyl groups is 1. The molecule has 33 heavy (non-hydrogen) atoms. The Kier molecular flexibility index (Phi) is 7.56. The van der Waals surface area contributed by atoms with Crippen molar-refractivity contribution in [2.24, 2.45) is 0 Å². The topological polar surface area (TPSA) is 134 Å². The summed E-state index contributed by atoms with van der Waals surface area (Å²) in [5.74, 6) is -0.487. The zero-order valence-corrected chi connectivity index (χ0v) is 19.0. The number of carbonyl (C=O) groups is 2. The molecule has 0 bridgehead atoms. The van der Waals surface area contributed by atoms with E-state index in [1.54, 1.807) is 24.3 Å². The molecule has 0 atom stereocenters. The maximum atomic E-state index is 12.7. The molecule has 0 aromatic heterocycles. The Labute approximate surface area is 191 Å². The highest BCUT2D eigenvalue weighted by Crippen LogP contribution is 2.25. The summed E-state index contributed by atoms with van der Waals surface area (Å²) in [5, 5.41) is 12.0. The van der Waals surface area contributed by atoms with Crippen molar-refractivity contribution in [2.75, 3.05) is 43.5 Å². The number of amides is 1. The SMILES string of the molecule is CCOc1ccc(NS(=O)(=O)c2ccc(NC3=C(C(=O)OC)CN(CCO)C3=O)cc2)cc1. The number of sulfonamides is 1. The van der Waals surface area contributed by atoms with Crippen LogP contribution in [0.15, 0.2) is 64.7 Å². The van der Waals surface area contributed by atoms with Crippen molar-refractivity contribution in [3.63, 3.8) is 0 Å². The molecule has 0 unspecified atom stereocenters. The standard InChI is InChI=1S/C22H25N3O7S/c1-3-32-17-8-4-16(5-9-17)24-33(29,30)18-10-6-15(7-11-18)23-20-19(22(28)31-2)14-25(12-13-26)21(20)27/h4-11,23-24,26H,3,12-14H2,1-2H3. The summed E-state index contributed by atoms with van der Waals surface area (Å²) in [6.07, 6.45) is 0. The van der Waals surface area contributed by atoms with Gasteiger partial charge in [0.1, 0.15) is 11.4 Å². The highest BCUT2D eigenvalue weighted by Gasteiger charge is 2.34. The van der Waals surface area contributed by atoms with Gasteiger partial charge < -0.3 is 24.8 Å². The number of methoxy groups -OCH3 is 1. The molecule has 10 nitrogen and oxygen atoms in total. The number of esters is 1. The van der Waals surface area contributed by atoms with Crippen LogP contribution in [0.5, 0.6) is 5.75 Å². The number of ether oxygens (including phenoxy) is 2.